The predicted molar refractivity (Wildman–Crippen MR) is 44.9 cm³/mol. The van der Waals surface area contributed by atoms with E-state index in [4.69, 9.17) is 13.6 Å². The maximum absolute atomic E-state index is 5.64. The molecule has 0 bridgehead atoms. The van der Waals surface area contributed by atoms with Crippen molar-refractivity contribution >= 4 is 9.28 Å². The van der Waals surface area contributed by atoms with Gasteiger partial charge in [-0.1, -0.05) is 0 Å². The van der Waals surface area contributed by atoms with E-state index in [0.29, 0.717) is 5.54 Å². The summed E-state index contributed by atoms with van der Waals surface area (Å²) in [5.74, 6) is 0. The Morgan fingerprint density at radius 2 is 2.09 bits per heavy atom. The van der Waals surface area contributed by atoms with Crippen LogP contribution in [0.15, 0.2) is 0 Å². The number of ether oxygens (including phenoxy) is 1. The van der Waals surface area contributed by atoms with Crippen molar-refractivity contribution in [2.45, 2.75) is 25.5 Å². The van der Waals surface area contributed by atoms with Crippen LogP contribution >= 0.6 is 0 Å². The van der Waals surface area contributed by atoms with Crippen molar-refractivity contribution in [2.24, 2.45) is 0 Å². The first kappa shape index (κ1) is 9.19. The Balaban J connectivity index is 2.23. The fourth-order valence-electron chi connectivity index (χ4n) is 1.04. The van der Waals surface area contributed by atoms with Gasteiger partial charge in [0.25, 0.3) is 0 Å². The van der Waals surface area contributed by atoms with Gasteiger partial charge >= 0.3 is 9.28 Å². The molecule has 0 N–H and O–H groups in total. The smallest absolute Gasteiger partial charge is 0.329 e. The molecule has 0 aromatic rings. The van der Waals surface area contributed by atoms with Crippen LogP contribution < -0.4 is 0 Å². The summed E-state index contributed by atoms with van der Waals surface area (Å²) in [5, 5.41) is 0. The van der Waals surface area contributed by atoms with Gasteiger partial charge in [0, 0.05) is 18.8 Å². The third-order valence-electron chi connectivity index (χ3n) is 1.69. The van der Waals surface area contributed by atoms with Crippen LogP contribution in [-0.4, -0.2) is 35.7 Å². The molecule has 1 heterocycles. The van der Waals surface area contributed by atoms with Gasteiger partial charge < -0.3 is 13.6 Å². The van der Waals surface area contributed by atoms with Gasteiger partial charge in [-0.05, 0) is 13.8 Å². The molecular formula is C7H16O3Si. The Morgan fingerprint density at radius 3 is 2.36 bits per heavy atom. The van der Waals surface area contributed by atoms with E-state index < -0.39 is 9.28 Å². The van der Waals surface area contributed by atoms with Crippen LogP contribution in [0, 0.1) is 0 Å². The second-order valence-electron chi connectivity index (χ2n) is 3.09. The van der Waals surface area contributed by atoms with Crippen molar-refractivity contribution in [1.29, 1.82) is 0 Å². The van der Waals surface area contributed by atoms with E-state index in [9.17, 15) is 0 Å². The molecule has 0 spiro atoms. The summed E-state index contributed by atoms with van der Waals surface area (Å²) >= 11 is 0. The fraction of sp³-hybridized carbons (Fsp3) is 1.00. The molecule has 1 rings (SSSR count). The van der Waals surface area contributed by atoms with Crippen molar-refractivity contribution in [3.05, 3.63) is 0 Å². The molecule has 0 saturated carbocycles. The first-order chi connectivity index (χ1) is 5.24. The maximum Gasteiger partial charge on any atom is 0.329 e. The Labute approximate surface area is 69.5 Å². The van der Waals surface area contributed by atoms with Crippen molar-refractivity contribution in [2.75, 3.05) is 20.3 Å². The van der Waals surface area contributed by atoms with Gasteiger partial charge in [0.15, 0.2) is 0 Å². The van der Waals surface area contributed by atoms with E-state index >= 15 is 0 Å². The monoisotopic (exact) mass is 176 g/mol. The van der Waals surface area contributed by atoms with Crippen molar-refractivity contribution < 1.29 is 13.6 Å². The van der Waals surface area contributed by atoms with Crippen LogP contribution in [0.5, 0.6) is 0 Å². The fourth-order valence-corrected chi connectivity index (χ4v) is 2.88. The highest BCUT2D eigenvalue weighted by Gasteiger charge is 2.32. The minimum absolute atomic E-state index is 0.284. The van der Waals surface area contributed by atoms with Crippen LogP contribution in [0.1, 0.15) is 13.8 Å². The van der Waals surface area contributed by atoms with E-state index in [1.165, 1.54) is 0 Å². The molecule has 0 aromatic carbocycles. The molecule has 1 aliphatic heterocycles. The highest BCUT2D eigenvalue weighted by atomic mass is 28.3. The molecule has 3 nitrogen and oxygen atoms in total. The van der Waals surface area contributed by atoms with E-state index in [2.05, 4.69) is 0 Å². The molecule has 0 radical (unpaired) electrons. The molecule has 4 heteroatoms. The second-order valence-corrected chi connectivity index (χ2v) is 5.51. The molecule has 1 saturated heterocycles. The first-order valence-electron chi connectivity index (χ1n) is 4.00. The lowest BCUT2D eigenvalue weighted by Gasteiger charge is -2.31. The van der Waals surface area contributed by atoms with Crippen molar-refractivity contribution in [3.8, 4) is 0 Å². The Bertz CT molecular complexity index is 114. The number of hydrogen-bond donors (Lipinski definition) is 0. The van der Waals surface area contributed by atoms with E-state index in [1.54, 1.807) is 7.11 Å². The SMILES string of the molecule is CO[SiH](OC(C)C)C1COC1. The average Bonchev–Trinajstić information content (AvgIpc) is 1.81. The molecule has 0 aromatic heterocycles. The standard InChI is InChI=1S/C7H16O3Si/c1-6(2)10-11(8-3)7-4-9-5-7/h6-7,11H,4-5H2,1-3H3. The Morgan fingerprint density at radius 1 is 1.45 bits per heavy atom. The van der Waals surface area contributed by atoms with Crippen LogP contribution in [0.3, 0.4) is 0 Å². The lowest BCUT2D eigenvalue weighted by molar-refractivity contribution is 0.0134. The van der Waals surface area contributed by atoms with Crippen LogP contribution in [0.4, 0.5) is 0 Å². The van der Waals surface area contributed by atoms with Gasteiger partial charge in [0.2, 0.25) is 0 Å². The molecule has 1 aliphatic rings. The minimum atomic E-state index is -1.40. The summed E-state index contributed by atoms with van der Waals surface area (Å²) in [4.78, 5) is 0. The normalized spacial score (nSPS) is 21.8. The largest absolute Gasteiger partial charge is 0.400 e. The predicted octanol–water partition coefficient (Wildman–Crippen LogP) is 0.679. The van der Waals surface area contributed by atoms with Gasteiger partial charge in [-0.2, -0.15) is 0 Å². The zero-order valence-corrected chi connectivity index (χ0v) is 8.53. The lowest BCUT2D eigenvalue weighted by Crippen LogP contribution is -2.40. The van der Waals surface area contributed by atoms with E-state index in [0.717, 1.165) is 13.2 Å². The van der Waals surface area contributed by atoms with Crippen LogP contribution in [0.2, 0.25) is 5.54 Å². The minimum Gasteiger partial charge on any atom is -0.400 e. The molecule has 0 aliphatic carbocycles. The summed E-state index contributed by atoms with van der Waals surface area (Å²) in [7, 11) is 0.331. The maximum atomic E-state index is 5.64. The molecule has 0 amide bonds. The molecular weight excluding hydrogens is 160 g/mol. The Hall–Kier alpha value is 0.0969. The zero-order valence-electron chi connectivity index (χ0n) is 7.37. The summed E-state index contributed by atoms with van der Waals surface area (Å²) in [5.41, 5.74) is 0.572. The third-order valence-corrected chi connectivity index (χ3v) is 4.12. The quantitative estimate of drug-likeness (QED) is 0.590. The second kappa shape index (κ2) is 4.20. The molecule has 1 unspecified atom stereocenters. The van der Waals surface area contributed by atoms with E-state index in [-0.39, 0.29) is 6.10 Å². The summed E-state index contributed by atoms with van der Waals surface area (Å²) in [6.07, 6.45) is 0.284. The number of hydrogen-bond acceptors (Lipinski definition) is 3. The van der Waals surface area contributed by atoms with Crippen molar-refractivity contribution in [1.82, 2.24) is 0 Å². The average molecular weight is 176 g/mol. The highest BCUT2D eigenvalue weighted by Crippen LogP contribution is 2.22. The molecule has 1 fully saturated rings. The van der Waals surface area contributed by atoms with Crippen LogP contribution in [-0.2, 0) is 13.6 Å². The van der Waals surface area contributed by atoms with Gasteiger partial charge in [-0.25, -0.2) is 0 Å². The van der Waals surface area contributed by atoms with Gasteiger partial charge in [-0.15, -0.1) is 0 Å². The summed E-state index contributed by atoms with van der Waals surface area (Å²) in [6, 6.07) is 0. The van der Waals surface area contributed by atoms with Gasteiger partial charge in [0.05, 0.1) is 13.2 Å². The zero-order chi connectivity index (χ0) is 8.27. The van der Waals surface area contributed by atoms with Gasteiger partial charge in [-0.3, -0.25) is 0 Å². The highest BCUT2D eigenvalue weighted by molar-refractivity contribution is 6.46. The molecule has 1 atom stereocenters. The van der Waals surface area contributed by atoms with Crippen LogP contribution in [0.25, 0.3) is 0 Å². The van der Waals surface area contributed by atoms with E-state index in [1.807, 2.05) is 13.8 Å². The summed E-state index contributed by atoms with van der Waals surface area (Å²) in [6.45, 7) is 5.74. The molecule has 66 valence electrons. The first-order valence-corrected chi connectivity index (χ1v) is 5.61. The number of rotatable bonds is 4. The summed E-state index contributed by atoms with van der Waals surface area (Å²) < 4.78 is 16.0. The van der Waals surface area contributed by atoms with Crippen molar-refractivity contribution in [3.63, 3.8) is 0 Å². The Kier molecular flexibility index (Phi) is 3.51. The molecule has 11 heavy (non-hydrogen) atoms. The van der Waals surface area contributed by atoms with Gasteiger partial charge in [0.1, 0.15) is 0 Å². The topological polar surface area (TPSA) is 27.7 Å². The lowest BCUT2D eigenvalue weighted by atomic mass is 10.4. The third kappa shape index (κ3) is 2.55.